The van der Waals surface area contributed by atoms with Crippen LogP contribution in [-0.2, 0) is 13.6 Å². The van der Waals surface area contributed by atoms with Crippen molar-refractivity contribution in [3.63, 3.8) is 0 Å². The van der Waals surface area contributed by atoms with E-state index < -0.39 is 13.4 Å². The van der Waals surface area contributed by atoms with Gasteiger partial charge < -0.3 is 4.89 Å². The molecule has 0 bridgehead atoms. The van der Waals surface area contributed by atoms with E-state index >= 15 is 0 Å². The Kier molecular flexibility index (Phi) is 4.42. The molecule has 0 aromatic heterocycles. The van der Waals surface area contributed by atoms with Gasteiger partial charge >= 0.3 is 7.82 Å². The van der Waals surface area contributed by atoms with Crippen LogP contribution in [0.25, 0.3) is 0 Å². The average Bonchev–Trinajstić information content (AvgIpc) is 2.04. The van der Waals surface area contributed by atoms with E-state index in [1.165, 1.54) is 0 Å². The third kappa shape index (κ3) is 3.68. The lowest BCUT2D eigenvalue weighted by atomic mass is 10.0. The highest BCUT2D eigenvalue weighted by Crippen LogP contribution is 2.47. The normalized spacial score (nSPS) is 17.4. The van der Waals surface area contributed by atoms with Gasteiger partial charge in [0.25, 0.3) is 0 Å². The molecule has 0 amide bonds. The van der Waals surface area contributed by atoms with Gasteiger partial charge in [-0.1, -0.05) is 13.8 Å². The predicted molar refractivity (Wildman–Crippen MR) is 46.9 cm³/mol. The Labute approximate surface area is 73.5 Å². The lowest BCUT2D eigenvalue weighted by molar-refractivity contribution is 0.0360. The average molecular weight is 196 g/mol. The van der Waals surface area contributed by atoms with E-state index in [1.54, 1.807) is 6.92 Å². The number of hydrogen-bond acceptors (Lipinski definition) is 3. The van der Waals surface area contributed by atoms with Crippen molar-refractivity contribution in [2.24, 2.45) is 0 Å². The Balaban J connectivity index is 4.30. The van der Waals surface area contributed by atoms with Crippen LogP contribution in [0, 0.1) is 0 Å². The summed E-state index contributed by atoms with van der Waals surface area (Å²) in [6.45, 7) is 5.59. The minimum atomic E-state index is -3.83. The van der Waals surface area contributed by atoms with Crippen LogP contribution in [-0.4, -0.2) is 17.6 Å². The molecule has 12 heavy (non-hydrogen) atoms. The van der Waals surface area contributed by atoms with Gasteiger partial charge in [0.15, 0.2) is 0 Å². The SMILES string of the molecule is CCC(C)(CC)OP(=O)(O)OC. The van der Waals surface area contributed by atoms with Crippen LogP contribution in [0.2, 0.25) is 0 Å². The summed E-state index contributed by atoms with van der Waals surface area (Å²) in [4.78, 5) is 9.03. The Hall–Kier alpha value is 0.110. The second-order valence-corrected chi connectivity index (χ2v) is 4.38. The van der Waals surface area contributed by atoms with Crippen molar-refractivity contribution in [2.45, 2.75) is 39.2 Å². The van der Waals surface area contributed by atoms with Crippen LogP contribution in [0.15, 0.2) is 0 Å². The van der Waals surface area contributed by atoms with Crippen molar-refractivity contribution in [3.8, 4) is 0 Å². The molecule has 5 heteroatoms. The van der Waals surface area contributed by atoms with Crippen LogP contribution < -0.4 is 0 Å². The van der Waals surface area contributed by atoms with Gasteiger partial charge in [-0.05, 0) is 19.8 Å². The van der Waals surface area contributed by atoms with Gasteiger partial charge in [0.2, 0.25) is 0 Å². The maximum Gasteiger partial charge on any atom is 0.472 e. The Morgan fingerprint density at radius 3 is 2.08 bits per heavy atom. The molecule has 0 aliphatic carbocycles. The van der Waals surface area contributed by atoms with E-state index in [4.69, 9.17) is 9.42 Å². The van der Waals surface area contributed by atoms with E-state index in [0.29, 0.717) is 12.8 Å². The summed E-state index contributed by atoms with van der Waals surface area (Å²) in [5, 5.41) is 0. The van der Waals surface area contributed by atoms with Crippen LogP contribution in [0.3, 0.4) is 0 Å². The summed E-state index contributed by atoms with van der Waals surface area (Å²) in [5.41, 5.74) is -0.569. The fourth-order valence-electron chi connectivity index (χ4n) is 0.695. The summed E-state index contributed by atoms with van der Waals surface area (Å²) in [6, 6.07) is 0. The van der Waals surface area contributed by atoms with Crippen molar-refractivity contribution < 1.29 is 18.5 Å². The van der Waals surface area contributed by atoms with Gasteiger partial charge in [-0.25, -0.2) is 4.57 Å². The van der Waals surface area contributed by atoms with Crippen LogP contribution in [0.1, 0.15) is 33.6 Å². The van der Waals surface area contributed by atoms with E-state index in [2.05, 4.69) is 4.52 Å². The molecule has 0 aliphatic rings. The molecular weight excluding hydrogens is 179 g/mol. The quantitative estimate of drug-likeness (QED) is 0.685. The molecule has 0 saturated carbocycles. The molecule has 0 aromatic rings. The topological polar surface area (TPSA) is 55.8 Å². The Morgan fingerprint density at radius 2 is 1.83 bits per heavy atom. The smallest absolute Gasteiger partial charge is 0.302 e. The minimum absolute atomic E-state index is 0.569. The molecule has 0 saturated heterocycles. The molecule has 1 N–H and O–H groups in total. The van der Waals surface area contributed by atoms with Gasteiger partial charge in [0, 0.05) is 7.11 Å². The summed E-state index contributed by atoms with van der Waals surface area (Å²) in [5.74, 6) is 0. The van der Waals surface area contributed by atoms with Gasteiger partial charge in [-0.15, -0.1) is 0 Å². The lowest BCUT2D eigenvalue weighted by Crippen LogP contribution is -2.25. The largest absolute Gasteiger partial charge is 0.472 e. The maximum absolute atomic E-state index is 11.0. The van der Waals surface area contributed by atoms with Crippen molar-refractivity contribution in [2.75, 3.05) is 7.11 Å². The van der Waals surface area contributed by atoms with Crippen LogP contribution in [0.4, 0.5) is 0 Å². The summed E-state index contributed by atoms with van der Waals surface area (Å²) in [7, 11) is -2.67. The van der Waals surface area contributed by atoms with Crippen molar-refractivity contribution in [3.05, 3.63) is 0 Å². The standard InChI is InChI=1S/C7H17O4P/c1-5-7(3,6-2)11-12(8,9)10-4/h5-6H2,1-4H3,(H,8,9). The second-order valence-electron chi connectivity index (χ2n) is 2.90. The molecule has 1 unspecified atom stereocenters. The van der Waals surface area contributed by atoms with Gasteiger partial charge in [-0.3, -0.25) is 9.05 Å². The van der Waals surface area contributed by atoms with Crippen LogP contribution >= 0.6 is 7.82 Å². The highest BCUT2D eigenvalue weighted by atomic mass is 31.2. The van der Waals surface area contributed by atoms with Gasteiger partial charge in [0.1, 0.15) is 0 Å². The second kappa shape index (κ2) is 4.38. The van der Waals surface area contributed by atoms with Crippen molar-refractivity contribution in [1.29, 1.82) is 0 Å². The fraction of sp³-hybridized carbons (Fsp3) is 1.00. The number of hydrogen-bond donors (Lipinski definition) is 1. The third-order valence-corrected chi connectivity index (χ3v) is 3.20. The maximum atomic E-state index is 11.0. The zero-order valence-electron chi connectivity index (χ0n) is 8.03. The predicted octanol–water partition coefficient (Wildman–Crippen LogP) is 2.33. The van der Waals surface area contributed by atoms with E-state index in [0.717, 1.165) is 7.11 Å². The molecule has 0 aliphatic heterocycles. The monoisotopic (exact) mass is 196 g/mol. The van der Waals surface area contributed by atoms with Crippen molar-refractivity contribution in [1.82, 2.24) is 0 Å². The molecule has 1 atom stereocenters. The molecule has 4 nitrogen and oxygen atoms in total. The number of phosphoric acid groups is 1. The lowest BCUT2D eigenvalue weighted by Gasteiger charge is -2.27. The first-order chi connectivity index (χ1) is 5.39. The first kappa shape index (κ1) is 12.1. The zero-order valence-corrected chi connectivity index (χ0v) is 8.93. The molecule has 0 rings (SSSR count). The summed E-state index contributed by atoms with van der Waals surface area (Å²) < 4.78 is 20.3. The van der Waals surface area contributed by atoms with E-state index in [1.807, 2.05) is 13.8 Å². The Bertz CT molecular complexity index is 176. The molecule has 0 heterocycles. The molecule has 0 radical (unpaired) electrons. The van der Waals surface area contributed by atoms with Gasteiger partial charge in [0.05, 0.1) is 5.60 Å². The molecule has 0 spiro atoms. The van der Waals surface area contributed by atoms with E-state index in [9.17, 15) is 4.57 Å². The van der Waals surface area contributed by atoms with Gasteiger partial charge in [-0.2, -0.15) is 0 Å². The molecule has 0 aromatic carbocycles. The van der Waals surface area contributed by atoms with E-state index in [-0.39, 0.29) is 0 Å². The summed E-state index contributed by atoms with van der Waals surface area (Å²) in [6.07, 6.45) is 1.36. The fourth-order valence-corrected chi connectivity index (χ4v) is 1.58. The zero-order chi connectivity index (χ0) is 9.83. The van der Waals surface area contributed by atoms with Crippen LogP contribution in [0.5, 0.6) is 0 Å². The molecular formula is C7H17O4P. The number of phosphoric ester groups is 1. The highest BCUT2D eigenvalue weighted by Gasteiger charge is 2.31. The summed E-state index contributed by atoms with van der Waals surface area (Å²) >= 11 is 0. The van der Waals surface area contributed by atoms with Crippen molar-refractivity contribution >= 4 is 7.82 Å². The molecule has 74 valence electrons. The Morgan fingerprint density at radius 1 is 1.42 bits per heavy atom. The first-order valence-electron chi connectivity index (χ1n) is 3.98. The first-order valence-corrected chi connectivity index (χ1v) is 5.48. The highest BCUT2D eigenvalue weighted by molar-refractivity contribution is 7.47. The third-order valence-electron chi connectivity index (χ3n) is 2.06. The minimum Gasteiger partial charge on any atom is -0.302 e. The molecule has 0 fully saturated rings. The number of rotatable bonds is 5.